The molecule has 2 heteroatoms. The Balaban J connectivity index is 0.000000924. The first-order chi connectivity index (χ1) is 11.0. The molecule has 0 saturated heterocycles. The maximum atomic E-state index is 2.30. The van der Waals surface area contributed by atoms with Gasteiger partial charge in [-0.1, -0.05) is 49.2 Å². The quantitative estimate of drug-likeness (QED) is 0.702. The highest BCUT2D eigenvalue weighted by atomic mass is 15.3. The Kier molecular flexibility index (Phi) is 5.49. The van der Waals surface area contributed by atoms with Crippen molar-refractivity contribution < 1.29 is 0 Å². The van der Waals surface area contributed by atoms with Crippen molar-refractivity contribution in [1.82, 2.24) is 0 Å². The van der Waals surface area contributed by atoms with E-state index < -0.39 is 0 Å². The van der Waals surface area contributed by atoms with E-state index in [-0.39, 0.29) is 0 Å². The summed E-state index contributed by atoms with van der Waals surface area (Å²) in [7, 11) is 0. The summed E-state index contributed by atoms with van der Waals surface area (Å²) in [5.74, 6) is 0. The minimum atomic E-state index is 0.869. The van der Waals surface area contributed by atoms with Crippen molar-refractivity contribution in [3.8, 4) is 0 Å². The van der Waals surface area contributed by atoms with Crippen LogP contribution in [0.4, 0.5) is 11.4 Å². The van der Waals surface area contributed by atoms with Gasteiger partial charge in [-0.25, -0.2) is 0 Å². The second-order valence-corrected chi connectivity index (χ2v) is 5.96. The van der Waals surface area contributed by atoms with Gasteiger partial charge in [-0.15, -0.1) is 0 Å². The maximum absolute atomic E-state index is 2.30. The lowest BCUT2D eigenvalue weighted by Gasteiger charge is -2.24. The number of aryl methyl sites for hydroxylation is 4. The van der Waals surface area contributed by atoms with E-state index in [1.807, 2.05) is 13.8 Å². The molecule has 3 rings (SSSR count). The Labute approximate surface area is 141 Å². The van der Waals surface area contributed by atoms with Crippen molar-refractivity contribution in [2.24, 2.45) is 0 Å². The van der Waals surface area contributed by atoms with Gasteiger partial charge in [0.25, 0.3) is 0 Å². The first-order valence-electron chi connectivity index (χ1n) is 8.41. The van der Waals surface area contributed by atoms with Gasteiger partial charge in [0, 0.05) is 23.8 Å². The lowest BCUT2D eigenvalue weighted by Crippen LogP contribution is -2.25. The van der Waals surface area contributed by atoms with Crippen molar-refractivity contribution in [3.63, 3.8) is 0 Å². The van der Waals surface area contributed by atoms with E-state index in [0.29, 0.717) is 0 Å². The van der Waals surface area contributed by atoms with E-state index in [0.717, 1.165) is 6.67 Å². The lowest BCUT2D eigenvalue weighted by molar-refractivity contribution is 0.964. The van der Waals surface area contributed by atoms with E-state index in [1.54, 1.807) is 0 Å². The van der Waals surface area contributed by atoms with Crippen LogP contribution in [0.5, 0.6) is 0 Å². The molecule has 2 aromatic carbocycles. The zero-order chi connectivity index (χ0) is 17.0. The van der Waals surface area contributed by atoms with Crippen LogP contribution in [0.2, 0.25) is 0 Å². The molecule has 2 nitrogen and oxygen atoms in total. The van der Waals surface area contributed by atoms with Crippen LogP contribution >= 0.6 is 0 Å². The lowest BCUT2D eigenvalue weighted by atomic mass is 10.1. The molecule has 1 heterocycles. The first-order valence-corrected chi connectivity index (χ1v) is 8.41. The van der Waals surface area contributed by atoms with Crippen molar-refractivity contribution in [1.29, 1.82) is 0 Å². The molecule has 0 radical (unpaired) electrons. The van der Waals surface area contributed by atoms with Gasteiger partial charge in [0.15, 0.2) is 0 Å². The SMILES string of the molecule is CC.Cc1ccc(N2C=CN(c3ccc(C)cc3C)C2)c(C)c1. The van der Waals surface area contributed by atoms with Gasteiger partial charge in [0.2, 0.25) is 0 Å². The van der Waals surface area contributed by atoms with Gasteiger partial charge >= 0.3 is 0 Å². The number of benzene rings is 2. The molecular weight excluding hydrogens is 280 g/mol. The molecule has 0 bridgehead atoms. The topological polar surface area (TPSA) is 6.48 Å². The minimum Gasteiger partial charge on any atom is -0.328 e. The summed E-state index contributed by atoms with van der Waals surface area (Å²) < 4.78 is 0. The van der Waals surface area contributed by atoms with Crippen LogP contribution in [0.3, 0.4) is 0 Å². The van der Waals surface area contributed by atoms with Crippen LogP contribution in [0.15, 0.2) is 48.8 Å². The highest BCUT2D eigenvalue weighted by Gasteiger charge is 2.17. The highest BCUT2D eigenvalue weighted by molar-refractivity contribution is 5.64. The third-order valence-corrected chi connectivity index (χ3v) is 4.05. The molecule has 0 unspecified atom stereocenters. The molecule has 0 atom stereocenters. The molecule has 1 aliphatic heterocycles. The first kappa shape index (κ1) is 17.1. The largest absolute Gasteiger partial charge is 0.328 e. The molecule has 23 heavy (non-hydrogen) atoms. The molecule has 2 aromatic rings. The van der Waals surface area contributed by atoms with Crippen LogP contribution in [0.1, 0.15) is 36.1 Å². The zero-order valence-corrected chi connectivity index (χ0v) is 15.2. The van der Waals surface area contributed by atoms with Gasteiger partial charge in [-0.3, -0.25) is 0 Å². The van der Waals surface area contributed by atoms with Crippen molar-refractivity contribution >= 4 is 11.4 Å². The Bertz CT molecular complexity index is 641. The normalized spacial score (nSPS) is 13.1. The van der Waals surface area contributed by atoms with E-state index in [1.165, 1.54) is 33.6 Å². The fraction of sp³-hybridized carbons (Fsp3) is 0.333. The second-order valence-electron chi connectivity index (χ2n) is 5.96. The fourth-order valence-electron chi connectivity index (χ4n) is 2.99. The van der Waals surface area contributed by atoms with Gasteiger partial charge in [0.1, 0.15) is 0 Å². The summed E-state index contributed by atoms with van der Waals surface area (Å²) in [5.41, 5.74) is 7.83. The van der Waals surface area contributed by atoms with Gasteiger partial charge < -0.3 is 9.80 Å². The molecule has 0 aliphatic carbocycles. The number of anilines is 2. The molecule has 0 N–H and O–H groups in total. The minimum absolute atomic E-state index is 0.869. The highest BCUT2D eigenvalue weighted by Crippen LogP contribution is 2.29. The summed E-state index contributed by atoms with van der Waals surface area (Å²) in [6, 6.07) is 13.2. The van der Waals surface area contributed by atoms with Crippen LogP contribution < -0.4 is 9.80 Å². The smallest absolute Gasteiger partial charge is 0.0989 e. The monoisotopic (exact) mass is 308 g/mol. The number of rotatable bonds is 2. The van der Waals surface area contributed by atoms with Gasteiger partial charge in [0.05, 0.1) is 6.67 Å². The molecule has 0 amide bonds. The molecule has 0 spiro atoms. The summed E-state index contributed by atoms with van der Waals surface area (Å²) >= 11 is 0. The summed E-state index contributed by atoms with van der Waals surface area (Å²) in [6.45, 7) is 13.5. The van der Waals surface area contributed by atoms with Crippen LogP contribution in [-0.4, -0.2) is 6.67 Å². The Morgan fingerprint density at radius 2 is 1.04 bits per heavy atom. The second kappa shape index (κ2) is 7.36. The standard InChI is InChI=1S/C19H22N2.C2H6/c1-14-5-7-18(16(3)11-14)20-9-10-21(13-20)19-8-6-15(2)12-17(19)4;1-2/h5-12H,13H2,1-4H3;1-2H3. The fourth-order valence-corrected chi connectivity index (χ4v) is 2.99. The van der Waals surface area contributed by atoms with Gasteiger partial charge in [-0.05, 0) is 51.0 Å². The predicted molar refractivity (Wildman–Crippen MR) is 102 cm³/mol. The summed E-state index contributed by atoms with van der Waals surface area (Å²) in [4.78, 5) is 4.60. The number of nitrogens with zero attached hydrogens (tertiary/aromatic N) is 2. The molecule has 0 aromatic heterocycles. The van der Waals surface area contributed by atoms with Gasteiger partial charge in [-0.2, -0.15) is 0 Å². The number of hydrogen-bond donors (Lipinski definition) is 0. The van der Waals surface area contributed by atoms with Crippen molar-refractivity contribution in [2.45, 2.75) is 41.5 Å². The van der Waals surface area contributed by atoms with E-state index in [2.05, 4.69) is 86.3 Å². The molecule has 0 saturated carbocycles. The van der Waals surface area contributed by atoms with E-state index >= 15 is 0 Å². The third kappa shape index (κ3) is 3.76. The average Bonchev–Trinajstić information content (AvgIpc) is 2.98. The summed E-state index contributed by atoms with van der Waals surface area (Å²) in [6.07, 6.45) is 4.33. The zero-order valence-electron chi connectivity index (χ0n) is 15.2. The average molecular weight is 308 g/mol. The summed E-state index contributed by atoms with van der Waals surface area (Å²) in [5, 5.41) is 0. The van der Waals surface area contributed by atoms with E-state index in [4.69, 9.17) is 0 Å². The van der Waals surface area contributed by atoms with Crippen LogP contribution in [0.25, 0.3) is 0 Å². The maximum Gasteiger partial charge on any atom is 0.0989 e. The Hall–Kier alpha value is -2.22. The Morgan fingerprint density at radius 1 is 0.652 bits per heavy atom. The Morgan fingerprint density at radius 3 is 1.39 bits per heavy atom. The number of hydrogen-bond acceptors (Lipinski definition) is 2. The van der Waals surface area contributed by atoms with E-state index in [9.17, 15) is 0 Å². The molecule has 1 aliphatic rings. The van der Waals surface area contributed by atoms with Crippen LogP contribution in [0, 0.1) is 27.7 Å². The molecule has 0 fully saturated rings. The molecular formula is C21H28N2. The van der Waals surface area contributed by atoms with Crippen LogP contribution in [-0.2, 0) is 0 Å². The predicted octanol–water partition coefficient (Wildman–Crippen LogP) is 5.70. The molecule has 122 valence electrons. The van der Waals surface area contributed by atoms with Crippen molar-refractivity contribution in [3.05, 3.63) is 71.1 Å². The van der Waals surface area contributed by atoms with Crippen molar-refractivity contribution in [2.75, 3.05) is 16.5 Å². The third-order valence-electron chi connectivity index (χ3n) is 4.05.